The van der Waals surface area contributed by atoms with Gasteiger partial charge in [0.1, 0.15) is 5.25 Å². The van der Waals surface area contributed by atoms with Gasteiger partial charge in [0.25, 0.3) is 0 Å². The predicted octanol–water partition coefficient (Wildman–Crippen LogP) is 3.21. The van der Waals surface area contributed by atoms with E-state index in [1.807, 2.05) is 50.4 Å². The fraction of sp³-hybridized carbons (Fsp3) is 0.333. The van der Waals surface area contributed by atoms with Crippen molar-refractivity contribution in [1.82, 2.24) is 9.78 Å². The molecule has 0 aliphatic rings. The lowest BCUT2D eigenvalue weighted by Gasteiger charge is -2.14. The molecule has 0 fully saturated rings. The van der Waals surface area contributed by atoms with Gasteiger partial charge in [-0.2, -0.15) is 5.10 Å². The van der Waals surface area contributed by atoms with Gasteiger partial charge < -0.3 is 5.11 Å². The molecule has 2 rings (SSSR count). The molecule has 1 heterocycles. The van der Waals surface area contributed by atoms with Gasteiger partial charge in [-0.15, -0.1) is 11.8 Å². The molecule has 0 saturated carbocycles. The van der Waals surface area contributed by atoms with Crippen LogP contribution in [0.2, 0.25) is 0 Å². The van der Waals surface area contributed by atoms with Gasteiger partial charge in [-0.25, -0.2) is 4.68 Å². The molecule has 1 atom stereocenters. The topological polar surface area (TPSA) is 55.1 Å². The van der Waals surface area contributed by atoms with Crippen LogP contribution in [0.15, 0.2) is 42.7 Å². The standard InChI is InChI=1S/C15H18N2O2S/c1-11(2)14(15(18)19)20-10-12-8-16-17(9-12)13-6-4-3-5-7-13/h3-9,11,14H,10H2,1-2H3,(H,18,19). The maximum absolute atomic E-state index is 11.1. The van der Waals surface area contributed by atoms with Gasteiger partial charge in [0.2, 0.25) is 0 Å². The van der Waals surface area contributed by atoms with E-state index in [0.717, 1.165) is 11.3 Å². The van der Waals surface area contributed by atoms with Crippen molar-refractivity contribution in [2.45, 2.75) is 24.9 Å². The summed E-state index contributed by atoms with van der Waals surface area (Å²) < 4.78 is 1.81. The van der Waals surface area contributed by atoms with Crippen molar-refractivity contribution in [3.05, 3.63) is 48.3 Å². The molecule has 0 aliphatic carbocycles. The Balaban J connectivity index is 2.02. The maximum Gasteiger partial charge on any atom is 0.316 e. The highest BCUT2D eigenvalue weighted by atomic mass is 32.2. The zero-order valence-electron chi connectivity index (χ0n) is 11.6. The summed E-state index contributed by atoms with van der Waals surface area (Å²) in [5.41, 5.74) is 2.04. The smallest absolute Gasteiger partial charge is 0.316 e. The number of para-hydroxylation sites is 1. The Morgan fingerprint density at radius 2 is 2.05 bits per heavy atom. The Labute approximate surface area is 122 Å². The monoisotopic (exact) mass is 290 g/mol. The average Bonchev–Trinajstić information content (AvgIpc) is 2.88. The van der Waals surface area contributed by atoms with Crippen molar-refractivity contribution in [3.63, 3.8) is 0 Å². The minimum absolute atomic E-state index is 0.113. The van der Waals surface area contributed by atoms with Crippen LogP contribution in [-0.4, -0.2) is 26.1 Å². The third-order valence-electron chi connectivity index (χ3n) is 2.94. The highest BCUT2D eigenvalue weighted by Gasteiger charge is 2.21. The number of carbonyl (C=O) groups is 1. The molecule has 4 nitrogen and oxygen atoms in total. The van der Waals surface area contributed by atoms with Crippen LogP contribution in [0, 0.1) is 5.92 Å². The fourth-order valence-corrected chi connectivity index (χ4v) is 2.94. The van der Waals surface area contributed by atoms with Crippen LogP contribution < -0.4 is 0 Å². The summed E-state index contributed by atoms with van der Waals surface area (Å²) in [6.45, 7) is 3.86. The van der Waals surface area contributed by atoms with E-state index in [4.69, 9.17) is 5.11 Å². The van der Waals surface area contributed by atoms with Crippen molar-refractivity contribution in [3.8, 4) is 5.69 Å². The van der Waals surface area contributed by atoms with E-state index in [-0.39, 0.29) is 11.2 Å². The number of rotatable bonds is 6. The molecule has 0 amide bonds. The van der Waals surface area contributed by atoms with Crippen LogP contribution in [0.5, 0.6) is 0 Å². The van der Waals surface area contributed by atoms with Gasteiger partial charge in [0.15, 0.2) is 0 Å². The minimum atomic E-state index is -0.750. The van der Waals surface area contributed by atoms with Gasteiger partial charge in [-0.05, 0) is 18.1 Å². The predicted molar refractivity (Wildman–Crippen MR) is 81.1 cm³/mol. The Kier molecular flexibility index (Phi) is 4.84. The van der Waals surface area contributed by atoms with Crippen LogP contribution in [0.25, 0.3) is 5.69 Å². The van der Waals surface area contributed by atoms with Crippen LogP contribution in [0.3, 0.4) is 0 Å². The quantitative estimate of drug-likeness (QED) is 0.887. The van der Waals surface area contributed by atoms with Crippen LogP contribution in [0.4, 0.5) is 0 Å². The van der Waals surface area contributed by atoms with E-state index in [1.165, 1.54) is 11.8 Å². The summed E-state index contributed by atoms with van der Waals surface area (Å²) in [5.74, 6) is 0.0178. The van der Waals surface area contributed by atoms with Crippen LogP contribution in [-0.2, 0) is 10.5 Å². The minimum Gasteiger partial charge on any atom is -0.480 e. The molecule has 1 aromatic heterocycles. The molecule has 0 aliphatic heterocycles. The number of benzene rings is 1. The summed E-state index contributed by atoms with van der Waals surface area (Å²) in [6.07, 6.45) is 3.74. The number of carboxylic acid groups (broad SMARTS) is 1. The van der Waals surface area contributed by atoms with Crippen molar-refractivity contribution >= 4 is 17.7 Å². The first kappa shape index (κ1) is 14.7. The average molecular weight is 290 g/mol. The number of nitrogens with zero attached hydrogens (tertiary/aromatic N) is 2. The van der Waals surface area contributed by atoms with Gasteiger partial charge in [-0.3, -0.25) is 4.79 Å². The van der Waals surface area contributed by atoms with E-state index >= 15 is 0 Å². The highest BCUT2D eigenvalue weighted by molar-refractivity contribution is 7.99. The molecule has 106 valence electrons. The maximum atomic E-state index is 11.1. The molecule has 1 N–H and O–H groups in total. The summed E-state index contributed by atoms with van der Waals surface area (Å²) in [4.78, 5) is 11.1. The Morgan fingerprint density at radius 1 is 1.35 bits per heavy atom. The molecule has 5 heteroatoms. The van der Waals surface area contributed by atoms with Gasteiger partial charge in [-0.1, -0.05) is 32.0 Å². The number of aliphatic carboxylic acids is 1. The van der Waals surface area contributed by atoms with E-state index in [0.29, 0.717) is 5.75 Å². The van der Waals surface area contributed by atoms with E-state index in [1.54, 1.807) is 10.9 Å². The lowest BCUT2D eigenvalue weighted by atomic mass is 10.1. The Morgan fingerprint density at radius 3 is 2.65 bits per heavy atom. The molecule has 0 bridgehead atoms. The van der Waals surface area contributed by atoms with Crippen LogP contribution >= 0.6 is 11.8 Å². The largest absolute Gasteiger partial charge is 0.480 e. The first-order valence-electron chi connectivity index (χ1n) is 6.51. The summed E-state index contributed by atoms with van der Waals surface area (Å²) >= 11 is 1.45. The third-order valence-corrected chi connectivity index (χ3v) is 4.54. The van der Waals surface area contributed by atoms with E-state index in [2.05, 4.69) is 5.10 Å². The number of thioether (sulfide) groups is 1. The normalized spacial score (nSPS) is 12.6. The zero-order valence-corrected chi connectivity index (χ0v) is 12.4. The third kappa shape index (κ3) is 3.63. The number of aromatic nitrogens is 2. The lowest BCUT2D eigenvalue weighted by molar-refractivity contribution is -0.137. The zero-order chi connectivity index (χ0) is 14.5. The van der Waals surface area contributed by atoms with E-state index < -0.39 is 5.97 Å². The molecular weight excluding hydrogens is 272 g/mol. The molecule has 0 radical (unpaired) electrons. The second kappa shape index (κ2) is 6.61. The van der Waals surface area contributed by atoms with Gasteiger partial charge in [0, 0.05) is 17.5 Å². The number of carboxylic acids is 1. The second-order valence-electron chi connectivity index (χ2n) is 4.94. The Bertz CT molecular complexity index is 566. The van der Waals surface area contributed by atoms with Crippen molar-refractivity contribution in [2.75, 3.05) is 0 Å². The molecule has 20 heavy (non-hydrogen) atoms. The van der Waals surface area contributed by atoms with Crippen molar-refractivity contribution in [2.24, 2.45) is 5.92 Å². The first-order chi connectivity index (χ1) is 9.58. The highest BCUT2D eigenvalue weighted by Crippen LogP contribution is 2.24. The SMILES string of the molecule is CC(C)C(SCc1cnn(-c2ccccc2)c1)C(=O)O. The summed E-state index contributed by atoms with van der Waals surface area (Å²) in [7, 11) is 0. The lowest BCUT2D eigenvalue weighted by Crippen LogP contribution is -2.22. The molecule has 0 spiro atoms. The second-order valence-corrected chi connectivity index (χ2v) is 6.07. The summed E-state index contributed by atoms with van der Waals surface area (Å²) in [5, 5.41) is 13.1. The van der Waals surface area contributed by atoms with Gasteiger partial charge >= 0.3 is 5.97 Å². The molecular formula is C15H18N2O2S. The van der Waals surface area contributed by atoms with Crippen molar-refractivity contribution < 1.29 is 9.90 Å². The fourth-order valence-electron chi connectivity index (χ4n) is 1.89. The number of hydrogen-bond donors (Lipinski definition) is 1. The van der Waals surface area contributed by atoms with Gasteiger partial charge in [0.05, 0.1) is 11.9 Å². The Hall–Kier alpha value is -1.75. The summed E-state index contributed by atoms with van der Waals surface area (Å²) in [6, 6.07) is 9.86. The molecule has 2 aromatic rings. The van der Waals surface area contributed by atoms with E-state index in [9.17, 15) is 4.79 Å². The molecule has 1 aromatic carbocycles. The number of hydrogen-bond acceptors (Lipinski definition) is 3. The van der Waals surface area contributed by atoms with Crippen LogP contribution in [0.1, 0.15) is 19.4 Å². The first-order valence-corrected chi connectivity index (χ1v) is 7.56. The van der Waals surface area contributed by atoms with Crippen molar-refractivity contribution in [1.29, 1.82) is 0 Å². The molecule has 0 saturated heterocycles. The molecule has 1 unspecified atom stereocenters.